The van der Waals surface area contributed by atoms with Gasteiger partial charge in [0.05, 0.1) is 29.3 Å². The van der Waals surface area contributed by atoms with Crippen LogP contribution in [-0.4, -0.2) is 18.1 Å². The molecule has 4 rings (SSSR count). The number of carbonyl (C=O) groups excluding carboxylic acids is 1. The first-order chi connectivity index (χ1) is 14.2. The number of amides is 2. The molecule has 2 amide bonds. The molecule has 1 aliphatic carbocycles. The summed E-state index contributed by atoms with van der Waals surface area (Å²) in [5, 5.41) is 9.03. The number of alkyl halides is 3. The number of halogens is 4. The van der Waals surface area contributed by atoms with Crippen molar-refractivity contribution in [3.8, 4) is 6.07 Å². The summed E-state index contributed by atoms with van der Waals surface area (Å²) in [6.07, 6.45) is 0.242. The lowest BCUT2D eigenvalue weighted by molar-refractivity contribution is -0.137. The summed E-state index contributed by atoms with van der Waals surface area (Å²) < 4.78 is 54.5. The van der Waals surface area contributed by atoms with Gasteiger partial charge in [-0.2, -0.15) is 18.4 Å². The van der Waals surface area contributed by atoms with Crippen LogP contribution in [0.2, 0.25) is 0 Å². The van der Waals surface area contributed by atoms with Crippen molar-refractivity contribution >= 4 is 17.4 Å². The summed E-state index contributed by atoms with van der Waals surface area (Å²) in [6.45, 7) is 1.61. The van der Waals surface area contributed by atoms with Crippen LogP contribution in [0.25, 0.3) is 0 Å². The third kappa shape index (κ3) is 3.20. The Labute approximate surface area is 170 Å². The second kappa shape index (κ2) is 7.17. The summed E-state index contributed by atoms with van der Waals surface area (Å²) in [7, 11) is 0. The monoisotopic (exact) mass is 415 g/mol. The van der Waals surface area contributed by atoms with Gasteiger partial charge < -0.3 is 0 Å². The molecular formula is C22H17F4N3O. The second-order valence-corrected chi connectivity index (χ2v) is 7.36. The van der Waals surface area contributed by atoms with Crippen molar-refractivity contribution in [2.24, 2.45) is 0 Å². The standard InChI is InChI=1S/C22H17F4N3O/c1-13-6-8-16(11-18(13)23)29-20-5-3-2-4-19(20)28(21(29)30)15-9-7-14(12-27)17(10-15)22(24,25)26/h3,5-11,19-20H,2,4H2,1H3/t19-,20-/m0/s1. The van der Waals surface area contributed by atoms with Gasteiger partial charge in [-0.25, -0.2) is 9.18 Å². The van der Waals surface area contributed by atoms with Crippen LogP contribution < -0.4 is 9.80 Å². The Bertz CT molecular complexity index is 1090. The number of anilines is 2. The van der Waals surface area contributed by atoms with Crippen LogP contribution in [0.3, 0.4) is 0 Å². The van der Waals surface area contributed by atoms with Crippen LogP contribution in [-0.2, 0) is 6.18 Å². The van der Waals surface area contributed by atoms with Crippen molar-refractivity contribution in [3.05, 3.63) is 71.1 Å². The van der Waals surface area contributed by atoms with Crippen molar-refractivity contribution in [2.45, 2.75) is 38.0 Å². The van der Waals surface area contributed by atoms with Gasteiger partial charge in [-0.05, 0) is 55.7 Å². The predicted molar refractivity (Wildman–Crippen MR) is 104 cm³/mol. The fourth-order valence-electron chi connectivity index (χ4n) is 4.06. The van der Waals surface area contributed by atoms with E-state index in [1.807, 2.05) is 12.2 Å². The quantitative estimate of drug-likeness (QED) is 0.476. The Morgan fingerprint density at radius 2 is 1.80 bits per heavy atom. The molecule has 0 N–H and O–H groups in total. The molecule has 30 heavy (non-hydrogen) atoms. The Hall–Kier alpha value is -3.34. The van der Waals surface area contributed by atoms with E-state index in [1.54, 1.807) is 25.1 Å². The maximum Gasteiger partial charge on any atom is 0.417 e. The maximum atomic E-state index is 14.1. The fraction of sp³-hybridized carbons (Fsp3) is 0.273. The zero-order valence-electron chi connectivity index (χ0n) is 15.9. The number of benzene rings is 2. The maximum absolute atomic E-state index is 14.1. The smallest absolute Gasteiger partial charge is 0.289 e. The van der Waals surface area contributed by atoms with Gasteiger partial charge in [0.1, 0.15) is 5.82 Å². The summed E-state index contributed by atoms with van der Waals surface area (Å²) in [5.74, 6) is -0.465. The molecule has 154 valence electrons. The van der Waals surface area contributed by atoms with Gasteiger partial charge in [0, 0.05) is 11.4 Å². The molecule has 0 radical (unpaired) electrons. The number of rotatable bonds is 2. The number of allylic oxidation sites excluding steroid dienone is 1. The van der Waals surface area contributed by atoms with Crippen molar-refractivity contribution in [2.75, 3.05) is 9.80 Å². The molecule has 1 fully saturated rings. The van der Waals surface area contributed by atoms with Crippen molar-refractivity contribution in [1.82, 2.24) is 0 Å². The molecule has 2 aromatic rings. The highest BCUT2D eigenvalue weighted by molar-refractivity contribution is 6.08. The van der Waals surface area contributed by atoms with Crippen molar-refractivity contribution in [3.63, 3.8) is 0 Å². The Morgan fingerprint density at radius 1 is 1.10 bits per heavy atom. The first-order valence-electron chi connectivity index (χ1n) is 9.39. The van der Waals surface area contributed by atoms with E-state index in [1.165, 1.54) is 21.9 Å². The SMILES string of the molecule is Cc1ccc(N2C(=O)N(c3ccc(C#N)c(C(F)(F)F)c3)[C@H]3CCC=C[C@@H]32)cc1F. The van der Waals surface area contributed by atoms with Gasteiger partial charge in [-0.3, -0.25) is 9.80 Å². The molecule has 0 unspecified atom stereocenters. The number of aryl methyl sites for hydroxylation is 1. The summed E-state index contributed by atoms with van der Waals surface area (Å²) in [4.78, 5) is 16.1. The zero-order valence-corrected chi connectivity index (χ0v) is 15.9. The van der Waals surface area contributed by atoms with Gasteiger partial charge in [0.15, 0.2) is 0 Å². The van der Waals surface area contributed by atoms with Crippen LogP contribution in [0.15, 0.2) is 48.6 Å². The molecule has 2 atom stereocenters. The minimum absolute atomic E-state index is 0.0618. The summed E-state index contributed by atoms with van der Waals surface area (Å²) in [6, 6.07) is 7.89. The van der Waals surface area contributed by atoms with E-state index in [4.69, 9.17) is 5.26 Å². The molecule has 8 heteroatoms. The van der Waals surface area contributed by atoms with E-state index in [0.717, 1.165) is 12.1 Å². The van der Waals surface area contributed by atoms with Crippen molar-refractivity contribution < 1.29 is 22.4 Å². The van der Waals surface area contributed by atoms with Crippen LogP contribution in [0.4, 0.5) is 33.7 Å². The molecular weight excluding hydrogens is 398 g/mol. The first kappa shape index (κ1) is 20.0. The van der Waals surface area contributed by atoms with Crippen molar-refractivity contribution in [1.29, 1.82) is 5.26 Å². The molecule has 0 bridgehead atoms. The lowest BCUT2D eigenvalue weighted by Gasteiger charge is -2.28. The first-order valence-corrected chi connectivity index (χ1v) is 9.39. The molecule has 0 spiro atoms. The molecule has 2 aromatic carbocycles. The second-order valence-electron chi connectivity index (χ2n) is 7.36. The number of carbonyl (C=O) groups is 1. The number of nitriles is 1. The van der Waals surface area contributed by atoms with Gasteiger partial charge in [0.2, 0.25) is 0 Å². The average Bonchev–Trinajstić information content (AvgIpc) is 3.01. The number of nitrogens with zero attached hydrogens (tertiary/aromatic N) is 3. The molecule has 1 heterocycles. The van der Waals surface area contributed by atoms with Crippen LogP contribution in [0.5, 0.6) is 0 Å². The average molecular weight is 415 g/mol. The Balaban J connectivity index is 1.81. The number of hydrogen-bond donors (Lipinski definition) is 0. The highest BCUT2D eigenvalue weighted by Gasteiger charge is 2.47. The zero-order chi connectivity index (χ0) is 21.6. The normalized spacial score (nSPS) is 21.0. The third-order valence-corrected chi connectivity index (χ3v) is 5.54. The molecule has 0 aromatic heterocycles. The molecule has 1 saturated heterocycles. The summed E-state index contributed by atoms with van der Waals surface area (Å²) in [5.41, 5.74) is -0.753. The van der Waals surface area contributed by atoms with Crippen LogP contribution in [0, 0.1) is 24.1 Å². The highest BCUT2D eigenvalue weighted by atomic mass is 19.4. The van der Waals surface area contributed by atoms with E-state index >= 15 is 0 Å². The Morgan fingerprint density at radius 3 is 2.47 bits per heavy atom. The number of urea groups is 1. The Kier molecular flexibility index (Phi) is 4.77. The van der Waals surface area contributed by atoms with Crippen LogP contribution in [0.1, 0.15) is 29.5 Å². The third-order valence-electron chi connectivity index (χ3n) is 5.54. The van der Waals surface area contributed by atoms with E-state index in [2.05, 4.69) is 0 Å². The van der Waals surface area contributed by atoms with Gasteiger partial charge in [-0.15, -0.1) is 0 Å². The molecule has 4 nitrogen and oxygen atoms in total. The van der Waals surface area contributed by atoms with E-state index in [9.17, 15) is 22.4 Å². The lowest BCUT2D eigenvalue weighted by Crippen LogP contribution is -2.37. The van der Waals surface area contributed by atoms with Crippen LogP contribution >= 0.6 is 0 Å². The predicted octanol–water partition coefficient (Wildman–Crippen LogP) is 5.56. The summed E-state index contributed by atoms with van der Waals surface area (Å²) >= 11 is 0. The van der Waals surface area contributed by atoms with E-state index in [0.29, 0.717) is 24.1 Å². The molecule has 0 saturated carbocycles. The largest absolute Gasteiger partial charge is 0.417 e. The minimum atomic E-state index is -4.73. The lowest BCUT2D eigenvalue weighted by atomic mass is 9.95. The van der Waals surface area contributed by atoms with E-state index < -0.39 is 41.2 Å². The van der Waals surface area contributed by atoms with Gasteiger partial charge >= 0.3 is 12.2 Å². The number of fused-ring (bicyclic) bond motifs is 1. The topological polar surface area (TPSA) is 47.3 Å². The van der Waals surface area contributed by atoms with Gasteiger partial charge in [0.25, 0.3) is 0 Å². The van der Waals surface area contributed by atoms with Gasteiger partial charge in [-0.1, -0.05) is 18.2 Å². The molecule has 2 aliphatic rings. The highest BCUT2D eigenvalue weighted by Crippen LogP contribution is 2.40. The fourth-order valence-corrected chi connectivity index (χ4v) is 4.06. The van der Waals surface area contributed by atoms with E-state index in [-0.39, 0.29) is 5.69 Å². The minimum Gasteiger partial charge on any atom is -0.289 e. The molecule has 1 aliphatic heterocycles. The number of hydrogen-bond acceptors (Lipinski definition) is 2.